The number of hydrogen-bond acceptors (Lipinski definition) is 6. The normalized spacial score (nSPS) is 15.7. The minimum atomic E-state index is -0.155. The van der Waals surface area contributed by atoms with Crippen molar-refractivity contribution in [2.45, 2.75) is 38.8 Å². The Labute approximate surface area is 197 Å². The highest BCUT2D eigenvalue weighted by molar-refractivity contribution is 7.14. The van der Waals surface area contributed by atoms with Crippen LogP contribution >= 0.6 is 11.3 Å². The van der Waals surface area contributed by atoms with Crippen LogP contribution in [0.3, 0.4) is 0 Å². The van der Waals surface area contributed by atoms with E-state index in [9.17, 15) is 4.79 Å². The fourth-order valence-electron chi connectivity index (χ4n) is 4.28. The maximum atomic E-state index is 13.0. The molecule has 0 radical (unpaired) electrons. The number of amides is 1. The Morgan fingerprint density at radius 3 is 2.88 bits per heavy atom. The Hall–Kier alpha value is -3.52. The SMILES string of the molecule is CCc1ccc(N2CCCC2c2csc(NC(=O)c3cccn3Cc3ccncc3)n2)cn1. The number of nitrogens with one attached hydrogen (secondary N) is 1. The molecule has 1 aliphatic heterocycles. The second kappa shape index (κ2) is 9.54. The lowest BCUT2D eigenvalue weighted by molar-refractivity contribution is 0.101. The molecule has 5 rings (SSSR count). The summed E-state index contributed by atoms with van der Waals surface area (Å²) in [5.41, 5.74) is 4.92. The van der Waals surface area contributed by atoms with Crippen LogP contribution in [0.15, 0.2) is 66.6 Å². The molecule has 33 heavy (non-hydrogen) atoms. The smallest absolute Gasteiger partial charge is 0.274 e. The molecule has 1 amide bonds. The van der Waals surface area contributed by atoms with Crippen LogP contribution < -0.4 is 10.2 Å². The highest BCUT2D eigenvalue weighted by Gasteiger charge is 2.28. The third kappa shape index (κ3) is 4.66. The first-order valence-electron chi connectivity index (χ1n) is 11.2. The molecule has 1 N–H and O–H groups in total. The van der Waals surface area contributed by atoms with E-state index in [4.69, 9.17) is 4.98 Å². The number of pyridine rings is 2. The van der Waals surface area contributed by atoms with Gasteiger partial charge in [0, 0.05) is 42.8 Å². The quantitative estimate of drug-likeness (QED) is 0.425. The Kier molecular flexibility index (Phi) is 6.17. The van der Waals surface area contributed by atoms with Crippen LogP contribution in [-0.4, -0.2) is 32.0 Å². The summed E-state index contributed by atoms with van der Waals surface area (Å²) in [5, 5.41) is 5.67. The van der Waals surface area contributed by atoms with E-state index in [1.165, 1.54) is 11.3 Å². The summed E-state index contributed by atoms with van der Waals surface area (Å²) in [6.45, 7) is 3.71. The standard InChI is InChI=1S/C25H26N6OS/c1-2-19-7-8-20(15-27-19)31-14-4-5-22(31)21-17-33-25(28-21)29-24(32)23-6-3-13-30(23)16-18-9-11-26-12-10-18/h3,6-13,15,17,22H,2,4-5,14,16H2,1H3,(H,28,29,32). The van der Waals surface area contributed by atoms with Crippen molar-refractivity contribution >= 4 is 28.1 Å². The predicted octanol–water partition coefficient (Wildman–Crippen LogP) is 4.94. The molecule has 0 aliphatic carbocycles. The minimum Gasteiger partial charge on any atom is -0.362 e. The Morgan fingerprint density at radius 1 is 1.21 bits per heavy atom. The van der Waals surface area contributed by atoms with Gasteiger partial charge in [0.15, 0.2) is 5.13 Å². The number of thiazole rings is 1. The molecule has 7 nitrogen and oxygen atoms in total. The van der Waals surface area contributed by atoms with Gasteiger partial charge in [0.25, 0.3) is 5.91 Å². The number of hydrogen-bond donors (Lipinski definition) is 1. The topological polar surface area (TPSA) is 75.9 Å². The van der Waals surface area contributed by atoms with Gasteiger partial charge in [-0.1, -0.05) is 6.92 Å². The van der Waals surface area contributed by atoms with Crippen molar-refractivity contribution in [1.82, 2.24) is 19.5 Å². The molecule has 4 aromatic heterocycles. The molecule has 0 saturated carbocycles. The first kappa shape index (κ1) is 21.3. The van der Waals surface area contributed by atoms with E-state index in [-0.39, 0.29) is 11.9 Å². The van der Waals surface area contributed by atoms with Crippen LogP contribution in [-0.2, 0) is 13.0 Å². The third-order valence-electron chi connectivity index (χ3n) is 6.00. The monoisotopic (exact) mass is 458 g/mol. The highest BCUT2D eigenvalue weighted by atomic mass is 32.1. The second-order valence-electron chi connectivity index (χ2n) is 8.12. The summed E-state index contributed by atoms with van der Waals surface area (Å²) in [6.07, 6.45) is 10.5. The molecule has 1 aliphatic rings. The van der Waals surface area contributed by atoms with E-state index in [2.05, 4.69) is 44.6 Å². The van der Waals surface area contributed by atoms with Crippen molar-refractivity contribution in [2.75, 3.05) is 16.8 Å². The van der Waals surface area contributed by atoms with E-state index in [1.807, 2.05) is 41.2 Å². The van der Waals surface area contributed by atoms with Crippen molar-refractivity contribution in [3.8, 4) is 0 Å². The van der Waals surface area contributed by atoms with E-state index in [0.29, 0.717) is 17.4 Å². The lowest BCUT2D eigenvalue weighted by atomic mass is 10.1. The van der Waals surface area contributed by atoms with Gasteiger partial charge in [-0.25, -0.2) is 4.98 Å². The van der Waals surface area contributed by atoms with Crippen molar-refractivity contribution in [2.24, 2.45) is 0 Å². The van der Waals surface area contributed by atoms with Gasteiger partial charge in [-0.05, 0) is 61.2 Å². The molecule has 1 atom stereocenters. The fraction of sp³-hybridized carbons (Fsp3) is 0.280. The van der Waals surface area contributed by atoms with Gasteiger partial charge < -0.3 is 9.47 Å². The van der Waals surface area contributed by atoms with Crippen LogP contribution in [0, 0.1) is 0 Å². The highest BCUT2D eigenvalue weighted by Crippen LogP contribution is 2.37. The summed E-state index contributed by atoms with van der Waals surface area (Å²) >= 11 is 1.47. The molecular formula is C25H26N6OS. The first-order chi connectivity index (χ1) is 16.2. The van der Waals surface area contributed by atoms with E-state index in [0.717, 1.165) is 48.4 Å². The van der Waals surface area contributed by atoms with Crippen LogP contribution in [0.25, 0.3) is 0 Å². The molecule has 1 fully saturated rings. The van der Waals surface area contributed by atoms with Gasteiger partial charge in [-0.15, -0.1) is 11.3 Å². The lowest BCUT2D eigenvalue weighted by Crippen LogP contribution is -2.23. The van der Waals surface area contributed by atoms with E-state index >= 15 is 0 Å². The van der Waals surface area contributed by atoms with Gasteiger partial charge in [-0.3, -0.25) is 20.1 Å². The van der Waals surface area contributed by atoms with Crippen molar-refractivity contribution in [1.29, 1.82) is 0 Å². The summed E-state index contributed by atoms with van der Waals surface area (Å²) < 4.78 is 1.94. The average Bonchev–Trinajstić information content (AvgIpc) is 3.60. The molecule has 0 spiro atoms. The average molecular weight is 459 g/mol. The maximum absolute atomic E-state index is 13.0. The van der Waals surface area contributed by atoms with Crippen LogP contribution in [0.2, 0.25) is 0 Å². The Balaban J connectivity index is 1.28. The van der Waals surface area contributed by atoms with Gasteiger partial charge in [0.2, 0.25) is 0 Å². The van der Waals surface area contributed by atoms with Crippen LogP contribution in [0.1, 0.15) is 53.2 Å². The molecule has 8 heteroatoms. The number of aryl methyl sites for hydroxylation is 1. The fourth-order valence-corrected chi connectivity index (χ4v) is 5.03. The third-order valence-corrected chi connectivity index (χ3v) is 6.78. The predicted molar refractivity (Wildman–Crippen MR) is 131 cm³/mol. The number of anilines is 2. The van der Waals surface area contributed by atoms with Crippen molar-refractivity contribution < 1.29 is 4.79 Å². The molecule has 5 heterocycles. The zero-order valence-corrected chi connectivity index (χ0v) is 19.3. The van der Waals surface area contributed by atoms with Crippen molar-refractivity contribution in [3.63, 3.8) is 0 Å². The summed E-state index contributed by atoms with van der Waals surface area (Å²) in [7, 11) is 0. The molecule has 1 saturated heterocycles. The van der Waals surface area contributed by atoms with Crippen molar-refractivity contribution in [3.05, 3.63) is 89.2 Å². The Bertz CT molecular complexity index is 1220. The van der Waals surface area contributed by atoms with Crippen LogP contribution in [0.5, 0.6) is 0 Å². The molecule has 1 unspecified atom stereocenters. The van der Waals surface area contributed by atoms with Gasteiger partial charge >= 0.3 is 0 Å². The Morgan fingerprint density at radius 2 is 2.09 bits per heavy atom. The molecular weight excluding hydrogens is 432 g/mol. The summed E-state index contributed by atoms with van der Waals surface area (Å²) in [6, 6.07) is 12.1. The number of carbonyl (C=O) groups excluding carboxylic acids is 1. The molecule has 0 aromatic carbocycles. The summed E-state index contributed by atoms with van der Waals surface area (Å²) in [4.78, 5) is 28.7. The number of rotatable bonds is 7. The molecule has 168 valence electrons. The molecule has 0 bridgehead atoms. The largest absolute Gasteiger partial charge is 0.362 e. The molecule has 4 aromatic rings. The number of carbonyl (C=O) groups is 1. The maximum Gasteiger partial charge on any atom is 0.274 e. The van der Waals surface area contributed by atoms with Gasteiger partial charge in [-0.2, -0.15) is 0 Å². The van der Waals surface area contributed by atoms with E-state index in [1.54, 1.807) is 12.4 Å². The lowest BCUT2D eigenvalue weighted by Gasteiger charge is -2.25. The first-order valence-corrected chi connectivity index (χ1v) is 12.1. The van der Waals surface area contributed by atoms with Gasteiger partial charge in [0.05, 0.1) is 23.6 Å². The zero-order valence-electron chi connectivity index (χ0n) is 18.5. The van der Waals surface area contributed by atoms with Crippen LogP contribution in [0.4, 0.5) is 10.8 Å². The van der Waals surface area contributed by atoms with Gasteiger partial charge in [0.1, 0.15) is 5.69 Å². The van der Waals surface area contributed by atoms with E-state index < -0.39 is 0 Å². The zero-order chi connectivity index (χ0) is 22.6. The summed E-state index contributed by atoms with van der Waals surface area (Å²) in [5.74, 6) is -0.155. The number of aromatic nitrogens is 4. The minimum absolute atomic E-state index is 0.155. The number of nitrogens with zero attached hydrogens (tertiary/aromatic N) is 5. The second-order valence-corrected chi connectivity index (χ2v) is 8.98.